The molecule has 1 saturated carbocycles. The summed E-state index contributed by atoms with van der Waals surface area (Å²) in [6, 6.07) is 7.07. The normalized spacial score (nSPS) is 17.3. The number of hydrogen-bond acceptors (Lipinski definition) is 2. The third-order valence-corrected chi connectivity index (χ3v) is 6.25. The van der Waals surface area contributed by atoms with Crippen molar-refractivity contribution in [2.45, 2.75) is 43.9 Å². The minimum Gasteiger partial charge on any atom is -0.505 e. The van der Waals surface area contributed by atoms with Crippen molar-refractivity contribution in [3.63, 3.8) is 0 Å². The van der Waals surface area contributed by atoms with Crippen LogP contribution in [0, 0.1) is 0 Å². The second kappa shape index (κ2) is 7.44. The number of phenolic OH excluding ortho intramolecular Hbond substituents is 2. The second-order valence-electron chi connectivity index (χ2n) is 6.57. The smallest absolute Gasteiger partial charge is 0.152 e. The van der Waals surface area contributed by atoms with E-state index in [2.05, 4.69) is 0 Å². The number of halogens is 4. The zero-order valence-electron chi connectivity index (χ0n) is 13.5. The molecule has 0 atom stereocenters. The summed E-state index contributed by atoms with van der Waals surface area (Å²) in [5.41, 5.74) is 1.50. The molecule has 3 rings (SSSR count). The van der Waals surface area contributed by atoms with Gasteiger partial charge < -0.3 is 10.2 Å². The Morgan fingerprint density at radius 2 is 0.920 bits per heavy atom. The van der Waals surface area contributed by atoms with Gasteiger partial charge in [0.25, 0.3) is 0 Å². The fourth-order valence-electron chi connectivity index (χ4n) is 3.76. The van der Waals surface area contributed by atoms with E-state index in [1.807, 2.05) is 0 Å². The molecule has 2 aromatic carbocycles. The van der Waals surface area contributed by atoms with E-state index >= 15 is 0 Å². The summed E-state index contributed by atoms with van der Waals surface area (Å²) in [5, 5.41) is 20.7. The van der Waals surface area contributed by atoms with Gasteiger partial charge in [-0.25, -0.2) is 0 Å². The molecule has 0 radical (unpaired) electrons. The number of rotatable bonds is 2. The Kier molecular flexibility index (Phi) is 5.65. The van der Waals surface area contributed by atoms with Crippen molar-refractivity contribution in [2.24, 2.45) is 0 Å². The summed E-state index contributed by atoms with van der Waals surface area (Å²) >= 11 is 24.8. The summed E-state index contributed by atoms with van der Waals surface area (Å²) in [6.07, 6.45) is 6.18. The highest BCUT2D eigenvalue weighted by molar-refractivity contribution is 6.37. The molecule has 0 aromatic heterocycles. The van der Waals surface area contributed by atoms with Crippen LogP contribution in [-0.4, -0.2) is 10.2 Å². The first-order valence-electron chi connectivity index (χ1n) is 8.22. The minimum atomic E-state index is -0.363. The molecule has 0 unspecified atom stereocenters. The molecule has 0 bridgehead atoms. The molecule has 1 fully saturated rings. The number of hydrogen-bond donors (Lipinski definition) is 2. The van der Waals surface area contributed by atoms with Gasteiger partial charge in [-0.1, -0.05) is 72.1 Å². The lowest BCUT2D eigenvalue weighted by atomic mass is 9.69. The largest absolute Gasteiger partial charge is 0.505 e. The van der Waals surface area contributed by atoms with Crippen LogP contribution in [0.1, 0.15) is 49.7 Å². The van der Waals surface area contributed by atoms with Gasteiger partial charge in [0, 0.05) is 5.41 Å². The third-order valence-electron chi connectivity index (χ3n) is 5.10. The van der Waals surface area contributed by atoms with Crippen molar-refractivity contribution in [2.75, 3.05) is 0 Å². The van der Waals surface area contributed by atoms with Crippen LogP contribution in [0.4, 0.5) is 0 Å². The summed E-state index contributed by atoms with van der Waals surface area (Å²) < 4.78 is 0. The molecule has 0 spiro atoms. The molecule has 2 aromatic rings. The maximum Gasteiger partial charge on any atom is 0.152 e. The van der Waals surface area contributed by atoms with Gasteiger partial charge in [0.1, 0.15) is 0 Å². The Bertz CT molecular complexity index is 690. The van der Waals surface area contributed by atoms with E-state index in [9.17, 15) is 10.2 Å². The average Bonchev–Trinajstić information content (AvgIpc) is 2.83. The van der Waals surface area contributed by atoms with Crippen molar-refractivity contribution in [1.82, 2.24) is 0 Å². The van der Waals surface area contributed by atoms with Gasteiger partial charge in [-0.15, -0.1) is 0 Å². The Balaban J connectivity index is 2.24. The van der Waals surface area contributed by atoms with Gasteiger partial charge in [0.05, 0.1) is 20.1 Å². The van der Waals surface area contributed by atoms with Crippen LogP contribution in [0.3, 0.4) is 0 Å². The van der Waals surface area contributed by atoms with Gasteiger partial charge in [-0.2, -0.15) is 0 Å². The average molecular weight is 420 g/mol. The number of aromatic hydroxyl groups is 2. The van der Waals surface area contributed by atoms with Gasteiger partial charge in [-0.05, 0) is 48.2 Å². The summed E-state index contributed by atoms with van der Waals surface area (Å²) in [4.78, 5) is 0. The van der Waals surface area contributed by atoms with Crippen molar-refractivity contribution < 1.29 is 10.2 Å². The molecule has 0 saturated heterocycles. The lowest BCUT2D eigenvalue weighted by Crippen LogP contribution is -2.27. The number of phenols is 2. The van der Waals surface area contributed by atoms with Gasteiger partial charge in [-0.3, -0.25) is 0 Å². The molecule has 1 aliphatic carbocycles. The van der Waals surface area contributed by atoms with E-state index in [4.69, 9.17) is 46.4 Å². The van der Waals surface area contributed by atoms with Crippen LogP contribution in [0.25, 0.3) is 0 Å². The predicted molar refractivity (Wildman–Crippen MR) is 105 cm³/mol. The molecule has 2 nitrogen and oxygen atoms in total. The molecule has 1 aliphatic rings. The van der Waals surface area contributed by atoms with Crippen molar-refractivity contribution in [1.29, 1.82) is 0 Å². The van der Waals surface area contributed by atoms with E-state index in [-0.39, 0.29) is 37.0 Å². The highest BCUT2D eigenvalue weighted by Crippen LogP contribution is 2.49. The fourth-order valence-corrected chi connectivity index (χ4v) is 4.73. The van der Waals surface area contributed by atoms with Crippen LogP contribution < -0.4 is 0 Å². The van der Waals surface area contributed by atoms with Crippen molar-refractivity contribution in [3.05, 3.63) is 55.5 Å². The summed E-state index contributed by atoms with van der Waals surface area (Å²) in [6.45, 7) is 0. The van der Waals surface area contributed by atoms with Crippen molar-refractivity contribution in [3.8, 4) is 11.5 Å². The SMILES string of the molecule is Oc1c(Cl)cc(C2(c3cc(Cl)c(O)c(Cl)c3)CCCCCC2)cc1Cl. The quantitative estimate of drug-likeness (QED) is 0.499. The van der Waals surface area contributed by atoms with E-state index in [1.54, 1.807) is 24.3 Å². The first kappa shape index (κ1) is 19.0. The van der Waals surface area contributed by atoms with E-state index < -0.39 is 0 Å². The fraction of sp³-hybridized carbons (Fsp3) is 0.368. The van der Waals surface area contributed by atoms with Crippen LogP contribution in [0.15, 0.2) is 24.3 Å². The molecular weight excluding hydrogens is 402 g/mol. The highest BCUT2D eigenvalue weighted by atomic mass is 35.5. The standard InChI is InChI=1S/C19H18Cl4O2/c20-13-7-11(8-14(21)17(13)24)19(5-3-1-2-4-6-19)12-9-15(22)18(25)16(23)10-12/h7-10,24-25H,1-6H2. The summed E-state index contributed by atoms with van der Waals surface area (Å²) in [5.74, 6) is -0.227. The monoisotopic (exact) mass is 418 g/mol. The van der Waals surface area contributed by atoms with E-state index in [0.717, 1.165) is 49.7 Å². The minimum absolute atomic E-state index is 0.113. The van der Waals surface area contributed by atoms with E-state index in [1.165, 1.54) is 0 Å². The predicted octanol–water partition coefficient (Wildman–Crippen LogP) is 7.35. The van der Waals surface area contributed by atoms with E-state index in [0.29, 0.717) is 0 Å². The van der Waals surface area contributed by atoms with Gasteiger partial charge in [0.15, 0.2) is 11.5 Å². The topological polar surface area (TPSA) is 40.5 Å². The molecular formula is C19H18Cl4O2. The highest BCUT2D eigenvalue weighted by Gasteiger charge is 2.36. The van der Waals surface area contributed by atoms with Crippen LogP contribution in [0.5, 0.6) is 11.5 Å². The number of benzene rings is 2. The molecule has 0 heterocycles. The third kappa shape index (κ3) is 3.55. The summed E-state index contributed by atoms with van der Waals surface area (Å²) in [7, 11) is 0. The van der Waals surface area contributed by atoms with Crippen molar-refractivity contribution >= 4 is 46.4 Å². The van der Waals surface area contributed by atoms with Crippen LogP contribution in [0.2, 0.25) is 20.1 Å². The van der Waals surface area contributed by atoms with Gasteiger partial charge in [0.2, 0.25) is 0 Å². The lowest BCUT2D eigenvalue weighted by Gasteiger charge is -2.35. The molecule has 2 N–H and O–H groups in total. The lowest BCUT2D eigenvalue weighted by molar-refractivity contribution is 0.440. The molecule has 0 amide bonds. The molecule has 25 heavy (non-hydrogen) atoms. The Labute approximate surface area is 167 Å². The van der Waals surface area contributed by atoms with Crippen LogP contribution in [-0.2, 0) is 5.41 Å². The Morgan fingerprint density at radius 1 is 0.600 bits per heavy atom. The Hall–Kier alpha value is -0.800. The maximum absolute atomic E-state index is 9.92. The van der Waals surface area contributed by atoms with Gasteiger partial charge >= 0.3 is 0 Å². The zero-order chi connectivity index (χ0) is 18.2. The molecule has 6 heteroatoms. The maximum atomic E-state index is 9.92. The second-order valence-corrected chi connectivity index (χ2v) is 8.20. The molecule has 134 valence electrons. The first-order chi connectivity index (χ1) is 11.8. The Morgan fingerprint density at radius 3 is 1.24 bits per heavy atom. The molecule has 0 aliphatic heterocycles. The zero-order valence-corrected chi connectivity index (χ0v) is 16.5. The van der Waals surface area contributed by atoms with Crippen LogP contribution >= 0.6 is 46.4 Å². The first-order valence-corrected chi connectivity index (χ1v) is 9.73.